The van der Waals surface area contributed by atoms with Crippen LogP contribution in [0.15, 0.2) is 12.1 Å². The van der Waals surface area contributed by atoms with E-state index in [4.69, 9.17) is 9.84 Å². The van der Waals surface area contributed by atoms with Gasteiger partial charge in [-0.1, -0.05) is 0 Å². The van der Waals surface area contributed by atoms with Gasteiger partial charge in [-0.25, -0.2) is 4.79 Å². The molecule has 0 saturated heterocycles. The molecule has 1 aliphatic rings. The number of hydrogen-bond donors (Lipinski definition) is 2. The first-order chi connectivity index (χ1) is 9.47. The molecule has 0 atom stereocenters. The molecule has 0 aliphatic heterocycles. The van der Waals surface area contributed by atoms with Crippen molar-refractivity contribution in [3.05, 3.63) is 28.8 Å². The molecule has 5 heteroatoms. The molecule has 0 bridgehead atoms. The average molecular weight is 277 g/mol. The van der Waals surface area contributed by atoms with E-state index in [2.05, 4.69) is 5.32 Å². The van der Waals surface area contributed by atoms with Gasteiger partial charge in [0.05, 0.1) is 0 Å². The van der Waals surface area contributed by atoms with Gasteiger partial charge in [0, 0.05) is 11.6 Å². The summed E-state index contributed by atoms with van der Waals surface area (Å²) in [6, 6.07) is 3.77. The predicted molar refractivity (Wildman–Crippen MR) is 74.2 cm³/mol. The van der Waals surface area contributed by atoms with E-state index >= 15 is 0 Å². The number of aryl methyl sites for hydroxylation is 2. The summed E-state index contributed by atoms with van der Waals surface area (Å²) in [7, 11) is 0. The van der Waals surface area contributed by atoms with Gasteiger partial charge in [-0.2, -0.15) is 0 Å². The van der Waals surface area contributed by atoms with Crippen molar-refractivity contribution in [3.63, 3.8) is 0 Å². The second-order valence-electron chi connectivity index (χ2n) is 5.22. The van der Waals surface area contributed by atoms with Crippen molar-refractivity contribution in [2.24, 2.45) is 0 Å². The summed E-state index contributed by atoms with van der Waals surface area (Å²) in [6.45, 7) is 3.24. The average Bonchev–Trinajstić information content (AvgIpc) is 2.31. The smallest absolute Gasteiger partial charge is 0.341 e. The Labute approximate surface area is 117 Å². The molecule has 0 radical (unpaired) electrons. The van der Waals surface area contributed by atoms with Crippen molar-refractivity contribution in [2.75, 3.05) is 6.61 Å². The SMILES string of the molecule is Cc1cc(C(=O)NC2CCC2)cc(C)c1OCC(=O)O. The van der Waals surface area contributed by atoms with E-state index in [0.29, 0.717) is 17.4 Å². The first kappa shape index (κ1) is 14.4. The molecule has 1 amide bonds. The molecule has 2 rings (SSSR count). The maximum atomic E-state index is 12.1. The molecule has 108 valence electrons. The number of carbonyl (C=O) groups is 2. The Morgan fingerprint density at radius 3 is 2.35 bits per heavy atom. The van der Waals surface area contributed by atoms with E-state index < -0.39 is 5.97 Å². The van der Waals surface area contributed by atoms with E-state index in [1.165, 1.54) is 6.42 Å². The van der Waals surface area contributed by atoms with Gasteiger partial charge in [-0.05, 0) is 56.4 Å². The molecule has 1 saturated carbocycles. The van der Waals surface area contributed by atoms with Gasteiger partial charge in [-0.3, -0.25) is 4.79 Å². The first-order valence-electron chi connectivity index (χ1n) is 6.74. The van der Waals surface area contributed by atoms with Gasteiger partial charge in [0.25, 0.3) is 5.91 Å². The zero-order valence-corrected chi connectivity index (χ0v) is 11.7. The number of ether oxygens (including phenoxy) is 1. The molecule has 2 N–H and O–H groups in total. The molecule has 1 aromatic carbocycles. The fourth-order valence-corrected chi connectivity index (χ4v) is 2.26. The Balaban J connectivity index is 2.11. The third-order valence-corrected chi connectivity index (χ3v) is 3.50. The predicted octanol–water partition coefficient (Wildman–Crippen LogP) is 2.05. The molecular weight excluding hydrogens is 258 g/mol. The minimum atomic E-state index is -1.02. The molecule has 0 spiro atoms. The summed E-state index contributed by atoms with van der Waals surface area (Å²) >= 11 is 0. The lowest BCUT2D eigenvalue weighted by molar-refractivity contribution is -0.139. The monoisotopic (exact) mass is 277 g/mol. The molecular formula is C15H19NO4. The Morgan fingerprint density at radius 1 is 1.30 bits per heavy atom. The highest BCUT2D eigenvalue weighted by Gasteiger charge is 2.21. The quantitative estimate of drug-likeness (QED) is 0.863. The van der Waals surface area contributed by atoms with E-state index in [1.54, 1.807) is 12.1 Å². The van der Waals surface area contributed by atoms with E-state index in [0.717, 1.165) is 24.0 Å². The second kappa shape index (κ2) is 5.94. The minimum absolute atomic E-state index is 0.0781. The Hall–Kier alpha value is -2.04. The molecule has 1 fully saturated rings. The highest BCUT2D eigenvalue weighted by atomic mass is 16.5. The van der Waals surface area contributed by atoms with Crippen LogP contribution in [0.25, 0.3) is 0 Å². The van der Waals surface area contributed by atoms with Crippen LogP contribution in [0.3, 0.4) is 0 Å². The third-order valence-electron chi connectivity index (χ3n) is 3.50. The maximum Gasteiger partial charge on any atom is 0.341 e. The van der Waals surface area contributed by atoms with Gasteiger partial charge in [0.15, 0.2) is 6.61 Å². The van der Waals surface area contributed by atoms with Crippen molar-refractivity contribution < 1.29 is 19.4 Å². The van der Waals surface area contributed by atoms with E-state index in [9.17, 15) is 9.59 Å². The van der Waals surface area contributed by atoms with Crippen LogP contribution in [0.1, 0.15) is 40.7 Å². The van der Waals surface area contributed by atoms with Crippen molar-refractivity contribution >= 4 is 11.9 Å². The maximum absolute atomic E-state index is 12.1. The second-order valence-corrected chi connectivity index (χ2v) is 5.22. The van der Waals surface area contributed by atoms with Crippen molar-refractivity contribution in [2.45, 2.75) is 39.2 Å². The summed E-state index contributed by atoms with van der Waals surface area (Å²) in [6.07, 6.45) is 3.26. The number of hydrogen-bond acceptors (Lipinski definition) is 3. The highest BCUT2D eigenvalue weighted by Crippen LogP contribution is 2.25. The Morgan fingerprint density at radius 2 is 1.90 bits per heavy atom. The van der Waals surface area contributed by atoms with Crippen LogP contribution in [0, 0.1) is 13.8 Å². The highest BCUT2D eigenvalue weighted by molar-refractivity contribution is 5.95. The van der Waals surface area contributed by atoms with Gasteiger partial charge in [0.1, 0.15) is 5.75 Å². The number of nitrogens with one attached hydrogen (secondary N) is 1. The Kier molecular flexibility index (Phi) is 4.27. The fourth-order valence-electron chi connectivity index (χ4n) is 2.26. The number of carboxylic acids is 1. The first-order valence-corrected chi connectivity index (χ1v) is 6.74. The number of rotatable bonds is 5. The van der Waals surface area contributed by atoms with Gasteiger partial charge in [0.2, 0.25) is 0 Å². The van der Waals surface area contributed by atoms with Crippen LogP contribution in [-0.4, -0.2) is 29.6 Å². The molecule has 1 aliphatic carbocycles. The molecule has 5 nitrogen and oxygen atoms in total. The summed E-state index contributed by atoms with van der Waals surface area (Å²) in [5.74, 6) is -0.561. The van der Waals surface area contributed by atoms with Crippen molar-refractivity contribution in [1.82, 2.24) is 5.32 Å². The van der Waals surface area contributed by atoms with E-state index in [-0.39, 0.29) is 12.5 Å². The summed E-state index contributed by atoms with van der Waals surface area (Å²) < 4.78 is 5.25. The van der Waals surface area contributed by atoms with Crippen molar-refractivity contribution in [3.8, 4) is 5.75 Å². The number of carboxylic acid groups (broad SMARTS) is 1. The largest absolute Gasteiger partial charge is 0.481 e. The van der Waals surface area contributed by atoms with Crippen LogP contribution in [0.2, 0.25) is 0 Å². The Bertz CT molecular complexity index is 512. The molecule has 0 heterocycles. The lowest BCUT2D eigenvalue weighted by Gasteiger charge is -2.26. The third kappa shape index (κ3) is 3.29. The van der Waals surface area contributed by atoms with Crippen LogP contribution in [-0.2, 0) is 4.79 Å². The summed E-state index contributed by atoms with van der Waals surface area (Å²) in [5, 5.41) is 11.6. The number of benzene rings is 1. The van der Waals surface area contributed by atoms with Gasteiger partial charge < -0.3 is 15.2 Å². The standard InChI is InChI=1S/C15H19NO4/c1-9-6-11(15(19)16-12-4-3-5-12)7-10(2)14(9)20-8-13(17)18/h6-7,12H,3-5,8H2,1-2H3,(H,16,19)(H,17,18). The van der Waals surface area contributed by atoms with Crippen LogP contribution in [0.5, 0.6) is 5.75 Å². The topological polar surface area (TPSA) is 75.6 Å². The lowest BCUT2D eigenvalue weighted by Crippen LogP contribution is -2.39. The van der Waals surface area contributed by atoms with Crippen LogP contribution < -0.4 is 10.1 Å². The van der Waals surface area contributed by atoms with E-state index in [1.807, 2.05) is 13.8 Å². The van der Waals surface area contributed by atoms with Crippen LogP contribution in [0.4, 0.5) is 0 Å². The molecule has 0 aromatic heterocycles. The summed E-state index contributed by atoms with van der Waals surface area (Å²) in [5.41, 5.74) is 2.13. The number of aliphatic carboxylic acids is 1. The zero-order chi connectivity index (χ0) is 14.7. The molecule has 0 unspecified atom stereocenters. The number of amides is 1. The van der Waals surface area contributed by atoms with Crippen LogP contribution >= 0.6 is 0 Å². The summed E-state index contributed by atoms with van der Waals surface area (Å²) in [4.78, 5) is 22.6. The lowest BCUT2D eigenvalue weighted by atomic mass is 9.93. The van der Waals surface area contributed by atoms with Crippen molar-refractivity contribution in [1.29, 1.82) is 0 Å². The number of carbonyl (C=O) groups excluding carboxylic acids is 1. The normalized spacial score (nSPS) is 14.5. The fraction of sp³-hybridized carbons (Fsp3) is 0.467. The van der Waals surface area contributed by atoms with Gasteiger partial charge in [-0.15, -0.1) is 0 Å². The minimum Gasteiger partial charge on any atom is -0.481 e. The molecule has 1 aromatic rings. The zero-order valence-electron chi connectivity index (χ0n) is 11.7. The molecule has 20 heavy (non-hydrogen) atoms. The van der Waals surface area contributed by atoms with Gasteiger partial charge >= 0.3 is 5.97 Å².